The number of aromatic nitrogens is 2. The Labute approximate surface area is 116 Å². The monoisotopic (exact) mass is 266 g/mol. The van der Waals surface area contributed by atoms with Crippen LogP contribution in [0.25, 0.3) is 0 Å². The SMILES string of the molecule is C=C(O)CCCOCCn1nc(C)cc1C(C)(C)C. The third-order valence-electron chi connectivity index (χ3n) is 2.87. The number of aliphatic hydroxyl groups is 1. The third-order valence-corrected chi connectivity index (χ3v) is 2.87. The highest BCUT2D eigenvalue weighted by Gasteiger charge is 2.19. The van der Waals surface area contributed by atoms with E-state index < -0.39 is 0 Å². The molecular formula is C15H26N2O2. The van der Waals surface area contributed by atoms with Crippen LogP contribution in [0.15, 0.2) is 18.4 Å². The van der Waals surface area contributed by atoms with Gasteiger partial charge in [0.25, 0.3) is 0 Å². The number of aliphatic hydroxyl groups excluding tert-OH is 1. The molecule has 1 aromatic rings. The van der Waals surface area contributed by atoms with Crippen molar-refractivity contribution in [3.05, 3.63) is 29.8 Å². The van der Waals surface area contributed by atoms with Crippen molar-refractivity contribution in [1.82, 2.24) is 9.78 Å². The van der Waals surface area contributed by atoms with Crippen molar-refractivity contribution in [1.29, 1.82) is 0 Å². The molecule has 0 saturated carbocycles. The molecule has 0 aliphatic rings. The van der Waals surface area contributed by atoms with Gasteiger partial charge in [-0.1, -0.05) is 27.4 Å². The molecule has 1 aromatic heterocycles. The molecule has 0 saturated heterocycles. The molecule has 0 aromatic carbocycles. The number of aryl methyl sites for hydroxylation is 1. The van der Waals surface area contributed by atoms with Crippen LogP contribution in [0.5, 0.6) is 0 Å². The summed E-state index contributed by atoms with van der Waals surface area (Å²) in [6.07, 6.45) is 1.41. The van der Waals surface area contributed by atoms with Gasteiger partial charge >= 0.3 is 0 Å². The van der Waals surface area contributed by atoms with Gasteiger partial charge in [-0.25, -0.2) is 0 Å². The molecule has 1 N–H and O–H groups in total. The number of hydrogen-bond donors (Lipinski definition) is 1. The van der Waals surface area contributed by atoms with E-state index in [1.807, 2.05) is 11.6 Å². The average molecular weight is 266 g/mol. The van der Waals surface area contributed by atoms with Crippen LogP contribution in [0, 0.1) is 6.92 Å². The summed E-state index contributed by atoms with van der Waals surface area (Å²) in [5.41, 5.74) is 2.37. The second-order valence-electron chi connectivity index (χ2n) is 5.93. The first kappa shape index (κ1) is 15.8. The zero-order valence-corrected chi connectivity index (χ0v) is 12.6. The van der Waals surface area contributed by atoms with Crippen molar-refractivity contribution in [2.24, 2.45) is 0 Å². The second kappa shape index (κ2) is 6.75. The highest BCUT2D eigenvalue weighted by molar-refractivity contribution is 5.17. The normalized spacial score (nSPS) is 11.8. The van der Waals surface area contributed by atoms with E-state index in [2.05, 4.69) is 38.5 Å². The Bertz CT molecular complexity index is 416. The fraction of sp³-hybridized carbons (Fsp3) is 0.667. The van der Waals surface area contributed by atoms with Crippen molar-refractivity contribution in [2.45, 2.75) is 52.5 Å². The molecule has 108 valence electrons. The molecule has 0 bridgehead atoms. The standard InChI is InChI=1S/C15H26N2O2/c1-12-11-14(15(3,4)5)17(16-12)8-10-19-9-6-7-13(2)18/h11,18H,2,6-10H2,1,3-5H3. The van der Waals surface area contributed by atoms with Crippen molar-refractivity contribution < 1.29 is 9.84 Å². The van der Waals surface area contributed by atoms with Gasteiger partial charge < -0.3 is 9.84 Å². The lowest BCUT2D eigenvalue weighted by Gasteiger charge is -2.20. The Balaban J connectivity index is 2.39. The molecule has 0 aliphatic carbocycles. The van der Waals surface area contributed by atoms with Crippen LogP contribution in [0.3, 0.4) is 0 Å². The maximum Gasteiger partial charge on any atom is 0.0851 e. The molecule has 0 fully saturated rings. The predicted octanol–water partition coefficient (Wildman–Crippen LogP) is 3.36. The number of hydrogen-bond acceptors (Lipinski definition) is 3. The molecule has 4 heteroatoms. The van der Waals surface area contributed by atoms with Crippen molar-refractivity contribution in [2.75, 3.05) is 13.2 Å². The van der Waals surface area contributed by atoms with Gasteiger partial charge in [0.15, 0.2) is 0 Å². The van der Waals surface area contributed by atoms with Gasteiger partial charge in [-0.05, 0) is 19.4 Å². The molecule has 19 heavy (non-hydrogen) atoms. The largest absolute Gasteiger partial charge is 0.513 e. The number of rotatable bonds is 7. The van der Waals surface area contributed by atoms with Crippen LogP contribution >= 0.6 is 0 Å². The van der Waals surface area contributed by atoms with Gasteiger partial charge in [-0.15, -0.1) is 0 Å². The fourth-order valence-corrected chi connectivity index (χ4v) is 1.95. The van der Waals surface area contributed by atoms with Gasteiger partial charge in [-0.2, -0.15) is 5.10 Å². The summed E-state index contributed by atoms with van der Waals surface area (Å²) in [4.78, 5) is 0. The first-order chi connectivity index (χ1) is 8.80. The Morgan fingerprint density at radius 3 is 2.68 bits per heavy atom. The summed E-state index contributed by atoms with van der Waals surface area (Å²) < 4.78 is 7.58. The fourth-order valence-electron chi connectivity index (χ4n) is 1.95. The van der Waals surface area contributed by atoms with E-state index >= 15 is 0 Å². The lowest BCUT2D eigenvalue weighted by atomic mass is 9.92. The lowest BCUT2D eigenvalue weighted by Crippen LogP contribution is -2.20. The minimum Gasteiger partial charge on any atom is -0.513 e. The first-order valence-electron chi connectivity index (χ1n) is 6.80. The average Bonchev–Trinajstić information content (AvgIpc) is 2.64. The molecule has 1 rings (SSSR count). The summed E-state index contributed by atoms with van der Waals surface area (Å²) >= 11 is 0. The van der Waals surface area contributed by atoms with E-state index in [9.17, 15) is 0 Å². The first-order valence-corrected chi connectivity index (χ1v) is 6.80. The number of ether oxygens (including phenoxy) is 1. The van der Waals surface area contributed by atoms with E-state index in [1.54, 1.807) is 0 Å². The predicted molar refractivity (Wildman–Crippen MR) is 77.5 cm³/mol. The summed E-state index contributed by atoms with van der Waals surface area (Å²) in [7, 11) is 0. The van der Waals surface area contributed by atoms with E-state index in [1.165, 1.54) is 5.69 Å². The van der Waals surface area contributed by atoms with Crippen molar-refractivity contribution >= 4 is 0 Å². The zero-order valence-electron chi connectivity index (χ0n) is 12.6. The number of nitrogens with zero attached hydrogens (tertiary/aromatic N) is 2. The van der Waals surface area contributed by atoms with E-state index in [4.69, 9.17) is 9.84 Å². The van der Waals surface area contributed by atoms with E-state index in [-0.39, 0.29) is 11.2 Å². The van der Waals surface area contributed by atoms with E-state index in [0.29, 0.717) is 19.6 Å². The van der Waals surface area contributed by atoms with Gasteiger partial charge in [0.2, 0.25) is 0 Å². The maximum atomic E-state index is 8.95. The highest BCUT2D eigenvalue weighted by Crippen LogP contribution is 2.22. The molecule has 0 spiro atoms. The van der Waals surface area contributed by atoms with Gasteiger partial charge in [0.1, 0.15) is 0 Å². The molecule has 0 atom stereocenters. The maximum absolute atomic E-state index is 8.95. The lowest BCUT2D eigenvalue weighted by molar-refractivity contribution is 0.118. The summed E-state index contributed by atoms with van der Waals surface area (Å²) in [6, 6.07) is 2.13. The molecule has 0 aliphatic heterocycles. The number of allylic oxidation sites excluding steroid dienone is 1. The van der Waals surface area contributed by atoms with Crippen LogP contribution < -0.4 is 0 Å². The molecule has 0 amide bonds. The summed E-state index contributed by atoms with van der Waals surface area (Å²) in [6.45, 7) is 14.1. The van der Waals surface area contributed by atoms with Crippen LogP contribution in [-0.2, 0) is 16.7 Å². The summed E-state index contributed by atoms with van der Waals surface area (Å²) in [5.74, 6) is 0.223. The van der Waals surface area contributed by atoms with Gasteiger partial charge in [0, 0.05) is 24.1 Å². The zero-order chi connectivity index (χ0) is 14.5. The molecule has 0 unspecified atom stereocenters. The van der Waals surface area contributed by atoms with E-state index in [0.717, 1.165) is 18.7 Å². The minimum absolute atomic E-state index is 0.0931. The van der Waals surface area contributed by atoms with Crippen LogP contribution in [-0.4, -0.2) is 28.1 Å². The molecular weight excluding hydrogens is 240 g/mol. The summed E-state index contributed by atoms with van der Waals surface area (Å²) in [5, 5.41) is 13.5. The minimum atomic E-state index is 0.0931. The Kier molecular flexibility index (Phi) is 5.60. The van der Waals surface area contributed by atoms with Crippen molar-refractivity contribution in [3.63, 3.8) is 0 Å². The van der Waals surface area contributed by atoms with Gasteiger partial charge in [-0.3, -0.25) is 4.68 Å². The molecule has 1 heterocycles. The van der Waals surface area contributed by atoms with Crippen molar-refractivity contribution in [3.8, 4) is 0 Å². The van der Waals surface area contributed by atoms with Crippen LogP contribution in [0.4, 0.5) is 0 Å². The quantitative estimate of drug-likeness (QED) is 0.608. The smallest absolute Gasteiger partial charge is 0.0851 e. The van der Waals surface area contributed by atoms with Crippen LogP contribution in [0.2, 0.25) is 0 Å². The third kappa shape index (κ3) is 5.47. The Morgan fingerprint density at radius 1 is 1.42 bits per heavy atom. The highest BCUT2D eigenvalue weighted by atomic mass is 16.5. The topological polar surface area (TPSA) is 47.3 Å². The second-order valence-corrected chi connectivity index (χ2v) is 5.93. The van der Waals surface area contributed by atoms with Crippen LogP contribution in [0.1, 0.15) is 45.0 Å². The Hall–Kier alpha value is -1.29. The van der Waals surface area contributed by atoms with Gasteiger partial charge in [0.05, 0.1) is 24.6 Å². The Morgan fingerprint density at radius 2 is 2.11 bits per heavy atom. The molecule has 0 radical (unpaired) electrons. The molecule has 4 nitrogen and oxygen atoms in total.